The molecule has 3 nitrogen and oxygen atoms in total. The Morgan fingerprint density at radius 1 is 1.44 bits per heavy atom. The van der Waals surface area contributed by atoms with E-state index < -0.39 is 0 Å². The van der Waals surface area contributed by atoms with Gasteiger partial charge in [-0.05, 0) is 30.9 Å². The van der Waals surface area contributed by atoms with E-state index in [9.17, 15) is 4.79 Å². The zero-order valence-electron chi connectivity index (χ0n) is 11.2. The maximum Gasteiger partial charge on any atom is 0.234 e. The third-order valence-electron chi connectivity index (χ3n) is 3.66. The van der Waals surface area contributed by atoms with Gasteiger partial charge in [0, 0.05) is 18.5 Å². The number of rotatable bonds is 6. The lowest BCUT2D eigenvalue weighted by atomic mass is 9.77. The predicted octanol–water partition coefficient (Wildman–Crippen LogP) is 1.83. The van der Waals surface area contributed by atoms with E-state index in [-0.39, 0.29) is 11.9 Å². The predicted molar refractivity (Wildman–Crippen MR) is 73.7 cm³/mol. The topological polar surface area (TPSA) is 41.1 Å². The van der Waals surface area contributed by atoms with Crippen LogP contribution in [0.25, 0.3) is 0 Å². The Morgan fingerprint density at radius 3 is 2.94 bits per heavy atom. The highest BCUT2D eigenvalue weighted by molar-refractivity contribution is 5.78. The highest BCUT2D eigenvalue weighted by atomic mass is 16.1. The van der Waals surface area contributed by atoms with Crippen LogP contribution in [0.1, 0.15) is 37.3 Å². The van der Waals surface area contributed by atoms with Crippen LogP contribution in [0.3, 0.4) is 0 Å². The first kappa shape index (κ1) is 13.1. The summed E-state index contributed by atoms with van der Waals surface area (Å²) >= 11 is 0. The Labute approximate surface area is 109 Å². The van der Waals surface area contributed by atoms with Gasteiger partial charge in [-0.25, -0.2) is 0 Å². The van der Waals surface area contributed by atoms with Gasteiger partial charge >= 0.3 is 0 Å². The van der Waals surface area contributed by atoms with E-state index in [0.717, 1.165) is 19.4 Å². The van der Waals surface area contributed by atoms with E-state index in [4.69, 9.17) is 0 Å². The minimum atomic E-state index is 0.0944. The Bertz CT molecular complexity index is 417. The first-order chi connectivity index (χ1) is 8.70. The van der Waals surface area contributed by atoms with Crippen molar-refractivity contribution in [2.24, 2.45) is 0 Å². The summed E-state index contributed by atoms with van der Waals surface area (Å²) in [6, 6.07) is 8.80. The monoisotopic (exact) mass is 246 g/mol. The second-order valence-electron chi connectivity index (χ2n) is 5.11. The molecule has 1 aliphatic rings. The zero-order valence-corrected chi connectivity index (χ0v) is 11.2. The summed E-state index contributed by atoms with van der Waals surface area (Å²) in [5, 5.41) is 6.20. The van der Waals surface area contributed by atoms with Crippen LogP contribution < -0.4 is 10.6 Å². The molecule has 0 bridgehead atoms. The molecule has 2 N–H and O–H groups in total. The minimum absolute atomic E-state index is 0.0944. The minimum Gasteiger partial charge on any atom is -0.353 e. The summed E-state index contributed by atoms with van der Waals surface area (Å²) in [5.74, 6) is 0.676. The summed E-state index contributed by atoms with van der Waals surface area (Å²) in [4.78, 5) is 11.6. The molecule has 1 amide bonds. The SMILES string of the molecule is CCC(C)NC(=O)CNCC1Cc2ccccc21. The molecule has 0 fully saturated rings. The number of nitrogens with one attached hydrogen (secondary N) is 2. The van der Waals surface area contributed by atoms with Gasteiger partial charge in [0.2, 0.25) is 5.91 Å². The molecule has 0 saturated heterocycles. The van der Waals surface area contributed by atoms with Crippen molar-refractivity contribution in [3.63, 3.8) is 0 Å². The third-order valence-corrected chi connectivity index (χ3v) is 3.66. The van der Waals surface area contributed by atoms with Crippen LogP contribution >= 0.6 is 0 Å². The van der Waals surface area contributed by atoms with Crippen LogP contribution in [0.15, 0.2) is 24.3 Å². The van der Waals surface area contributed by atoms with Crippen molar-refractivity contribution in [2.45, 2.75) is 38.6 Å². The van der Waals surface area contributed by atoms with Crippen LogP contribution in [0.4, 0.5) is 0 Å². The lowest BCUT2D eigenvalue weighted by Crippen LogP contribution is -2.40. The summed E-state index contributed by atoms with van der Waals surface area (Å²) in [7, 11) is 0. The average molecular weight is 246 g/mol. The number of fused-ring (bicyclic) bond motifs is 1. The van der Waals surface area contributed by atoms with Crippen LogP contribution in [0.2, 0.25) is 0 Å². The number of carbonyl (C=O) groups is 1. The average Bonchev–Trinajstić information content (AvgIpc) is 2.34. The fourth-order valence-electron chi connectivity index (χ4n) is 2.33. The second kappa shape index (κ2) is 6.01. The molecule has 0 radical (unpaired) electrons. The maximum absolute atomic E-state index is 11.6. The first-order valence-corrected chi connectivity index (χ1v) is 6.78. The van der Waals surface area contributed by atoms with Crippen LogP contribution in [0.5, 0.6) is 0 Å². The number of benzene rings is 1. The fourth-order valence-corrected chi connectivity index (χ4v) is 2.33. The van der Waals surface area contributed by atoms with Crippen molar-refractivity contribution >= 4 is 5.91 Å². The molecule has 2 rings (SSSR count). The Balaban J connectivity index is 1.67. The quantitative estimate of drug-likeness (QED) is 0.804. The van der Waals surface area contributed by atoms with Crippen molar-refractivity contribution in [3.05, 3.63) is 35.4 Å². The molecule has 0 aromatic heterocycles. The molecule has 2 unspecified atom stereocenters. The van der Waals surface area contributed by atoms with Gasteiger partial charge in [-0.2, -0.15) is 0 Å². The molecule has 0 heterocycles. The number of hydrogen-bond acceptors (Lipinski definition) is 2. The molecule has 18 heavy (non-hydrogen) atoms. The van der Waals surface area contributed by atoms with E-state index >= 15 is 0 Å². The highest BCUT2D eigenvalue weighted by Gasteiger charge is 2.24. The molecule has 1 aromatic rings. The van der Waals surface area contributed by atoms with Crippen molar-refractivity contribution < 1.29 is 4.79 Å². The van der Waals surface area contributed by atoms with Crippen LogP contribution in [-0.4, -0.2) is 25.0 Å². The molecule has 1 aromatic carbocycles. The van der Waals surface area contributed by atoms with E-state index in [2.05, 4.69) is 41.8 Å². The van der Waals surface area contributed by atoms with Crippen LogP contribution in [-0.2, 0) is 11.2 Å². The Morgan fingerprint density at radius 2 is 2.22 bits per heavy atom. The largest absolute Gasteiger partial charge is 0.353 e. The van der Waals surface area contributed by atoms with Crippen molar-refractivity contribution in [3.8, 4) is 0 Å². The zero-order chi connectivity index (χ0) is 13.0. The first-order valence-electron chi connectivity index (χ1n) is 6.78. The van der Waals surface area contributed by atoms with Gasteiger partial charge < -0.3 is 10.6 Å². The smallest absolute Gasteiger partial charge is 0.234 e. The van der Waals surface area contributed by atoms with E-state index in [0.29, 0.717) is 12.5 Å². The number of carbonyl (C=O) groups excluding carboxylic acids is 1. The molecule has 0 spiro atoms. The van der Waals surface area contributed by atoms with E-state index in [1.54, 1.807) is 0 Å². The molecular formula is C15H22N2O. The van der Waals surface area contributed by atoms with Gasteiger partial charge in [-0.1, -0.05) is 31.2 Å². The maximum atomic E-state index is 11.6. The van der Waals surface area contributed by atoms with Gasteiger partial charge in [0.15, 0.2) is 0 Å². The molecule has 0 saturated carbocycles. The van der Waals surface area contributed by atoms with E-state index in [1.165, 1.54) is 11.1 Å². The van der Waals surface area contributed by atoms with E-state index in [1.807, 2.05) is 6.92 Å². The van der Waals surface area contributed by atoms with Crippen LogP contribution in [0, 0.1) is 0 Å². The summed E-state index contributed by atoms with van der Waals surface area (Å²) in [6.07, 6.45) is 2.11. The van der Waals surface area contributed by atoms with Gasteiger partial charge in [-0.15, -0.1) is 0 Å². The fraction of sp³-hybridized carbons (Fsp3) is 0.533. The second-order valence-corrected chi connectivity index (χ2v) is 5.11. The molecular weight excluding hydrogens is 224 g/mol. The lowest BCUT2D eigenvalue weighted by Gasteiger charge is -2.30. The third kappa shape index (κ3) is 3.10. The highest BCUT2D eigenvalue weighted by Crippen LogP contribution is 2.33. The number of amides is 1. The van der Waals surface area contributed by atoms with Crippen molar-refractivity contribution in [2.75, 3.05) is 13.1 Å². The lowest BCUT2D eigenvalue weighted by molar-refractivity contribution is -0.120. The summed E-state index contributed by atoms with van der Waals surface area (Å²) in [6.45, 7) is 5.41. The van der Waals surface area contributed by atoms with Gasteiger partial charge in [0.05, 0.1) is 6.54 Å². The Hall–Kier alpha value is -1.35. The van der Waals surface area contributed by atoms with Crippen molar-refractivity contribution in [1.29, 1.82) is 0 Å². The Kier molecular flexibility index (Phi) is 4.37. The summed E-state index contributed by atoms with van der Waals surface area (Å²) < 4.78 is 0. The normalized spacial score (nSPS) is 18.7. The molecule has 0 aliphatic heterocycles. The van der Waals surface area contributed by atoms with Gasteiger partial charge in [0.1, 0.15) is 0 Å². The molecule has 3 heteroatoms. The molecule has 98 valence electrons. The number of hydrogen-bond donors (Lipinski definition) is 2. The van der Waals surface area contributed by atoms with Gasteiger partial charge in [0.25, 0.3) is 0 Å². The molecule has 1 aliphatic carbocycles. The summed E-state index contributed by atoms with van der Waals surface area (Å²) in [5.41, 5.74) is 2.89. The van der Waals surface area contributed by atoms with Crippen molar-refractivity contribution in [1.82, 2.24) is 10.6 Å². The molecule has 2 atom stereocenters. The standard InChI is InChI=1S/C15H22N2O/c1-3-11(2)17-15(18)10-16-9-13-8-12-6-4-5-7-14(12)13/h4-7,11,13,16H,3,8-10H2,1-2H3,(H,17,18). The van der Waals surface area contributed by atoms with Gasteiger partial charge in [-0.3, -0.25) is 4.79 Å².